The van der Waals surface area contributed by atoms with Crippen molar-refractivity contribution in [2.45, 2.75) is 18.9 Å². The van der Waals surface area contributed by atoms with Crippen LogP contribution in [0.1, 0.15) is 17.0 Å². The summed E-state index contributed by atoms with van der Waals surface area (Å²) in [5, 5.41) is 15.6. The number of fused-ring (bicyclic) bond motifs is 1. The SMILES string of the molecule is COCCN1C[C@@H](NC(=O)Nc2c(C)c(-c3cnn(C)c3)nn2-c2ccccc2)[C@H](c2ccc3ncsc3c2)C1. The van der Waals surface area contributed by atoms with E-state index in [2.05, 4.69) is 43.8 Å². The van der Waals surface area contributed by atoms with Crippen LogP contribution in [0.4, 0.5) is 10.6 Å². The monoisotopic (exact) mass is 556 g/mol. The number of hydrogen-bond donors (Lipinski definition) is 2. The molecule has 0 aliphatic carbocycles. The van der Waals surface area contributed by atoms with Gasteiger partial charge in [0.15, 0.2) is 0 Å². The summed E-state index contributed by atoms with van der Waals surface area (Å²) in [5.74, 6) is 0.764. The number of nitrogens with one attached hydrogen (secondary N) is 2. The minimum absolute atomic E-state index is 0.0755. The van der Waals surface area contributed by atoms with Gasteiger partial charge in [-0.2, -0.15) is 10.2 Å². The summed E-state index contributed by atoms with van der Waals surface area (Å²) >= 11 is 1.63. The van der Waals surface area contributed by atoms with Crippen LogP contribution in [0.3, 0.4) is 0 Å². The molecule has 0 bridgehead atoms. The summed E-state index contributed by atoms with van der Waals surface area (Å²) in [6.45, 7) is 5.00. The van der Waals surface area contributed by atoms with Crippen molar-refractivity contribution in [3.05, 3.63) is 77.6 Å². The summed E-state index contributed by atoms with van der Waals surface area (Å²) in [6.07, 6.45) is 3.71. The van der Waals surface area contributed by atoms with Gasteiger partial charge in [0, 0.05) is 57.0 Å². The van der Waals surface area contributed by atoms with Crippen molar-refractivity contribution < 1.29 is 9.53 Å². The number of likely N-dealkylation sites (tertiary alicyclic amines) is 1. The second-order valence-electron chi connectivity index (χ2n) is 10.1. The highest BCUT2D eigenvalue weighted by atomic mass is 32.1. The van der Waals surface area contributed by atoms with Crippen LogP contribution in [0.15, 0.2) is 66.4 Å². The molecule has 2 amide bonds. The van der Waals surface area contributed by atoms with Crippen LogP contribution in [0, 0.1) is 6.92 Å². The molecule has 5 aromatic rings. The van der Waals surface area contributed by atoms with Crippen molar-refractivity contribution in [1.29, 1.82) is 0 Å². The van der Waals surface area contributed by atoms with Gasteiger partial charge in [-0.25, -0.2) is 14.5 Å². The van der Waals surface area contributed by atoms with E-state index < -0.39 is 0 Å². The number of thiazole rings is 1. The number of benzene rings is 2. The lowest BCUT2D eigenvalue weighted by atomic mass is 9.94. The summed E-state index contributed by atoms with van der Waals surface area (Å²) in [7, 11) is 3.59. The lowest BCUT2D eigenvalue weighted by Gasteiger charge is -2.21. The van der Waals surface area contributed by atoms with Gasteiger partial charge in [0.1, 0.15) is 11.5 Å². The van der Waals surface area contributed by atoms with Gasteiger partial charge in [0.05, 0.1) is 40.3 Å². The third-order valence-corrected chi connectivity index (χ3v) is 8.23. The molecule has 1 aliphatic rings. The van der Waals surface area contributed by atoms with Crippen LogP contribution in [-0.4, -0.2) is 74.9 Å². The predicted octanol–water partition coefficient (Wildman–Crippen LogP) is 4.43. The van der Waals surface area contributed by atoms with Crippen LogP contribution < -0.4 is 10.6 Å². The standard InChI is InChI=1S/C29H32N8O2S/c1-19-27(21-14-31-35(2)15-21)34-37(22-7-5-4-6-8-22)28(19)33-29(38)32-25-17-36(11-12-39-3)16-23(25)20-9-10-24-26(13-20)40-18-30-24/h4-10,13-15,18,23,25H,11-12,16-17H2,1-3H3,(H2,32,33,38)/t23-,25+/m0/s1. The molecular weight excluding hydrogens is 524 g/mol. The third-order valence-electron chi connectivity index (χ3n) is 7.44. The molecule has 1 fully saturated rings. The summed E-state index contributed by atoms with van der Waals surface area (Å²) in [4.78, 5) is 20.4. The molecule has 206 valence electrons. The summed E-state index contributed by atoms with van der Waals surface area (Å²) in [6, 6.07) is 15.9. The molecule has 0 unspecified atom stereocenters. The third kappa shape index (κ3) is 5.23. The fraction of sp³-hybridized carbons (Fsp3) is 0.310. The molecule has 2 aromatic carbocycles. The van der Waals surface area contributed by atoms with E-state index in [0.29, 0.717) is 12.4 Å². The number of aryl methyl sites for hydroxylation is 1. The van der Waals surface area contributed by atoms with E-state index in [4.69, 9.17) is 9.84 Å². The fourth-order valence-corrected chi connectivity index (χ4v) is 6.13. The molecule has 11 heteroatoms. The van der Waals surface area contributed by atoms with Crippen molar-refractivity contribution in [2.24, 2.45) is 7.05 Å². The van der Waals surface area contributed by atoms with Crippen LogP contribution in [0.5, 0.6) is 0 Å². The highest BCUT2D eigenvalue weighted by Crippen LogP contribution is 2.32. The first-order valence-corrected chi connectivity index (χ1v) is 14.1. The lowest BCUT2D eigenvalue weighted by Crippen LogP contribution is -2.42. The van der Waals surface area contributed by atoms with Gasteiger partial charge in [0.25, 0.3) is 0 Å². The zero-order chi connectivity index (χ0) is 27.6. The minimum atomic E-state index is -0.264. The second kappa shape index (κ2) is 11.2. The Bertz CT molecular complexity index is 1630. The number of hydrogen-bond acceptors (Lipinski definition) is 7. The zero-order valence-corrected chi connectivity index (χ0v) is 23.6. The zero-order valence-electron chi connectivity index (χ0n) is 22.7. The first kappa shape index (κ1) is 26.2. The second-order valence-corrected chi connectivity index (χ2v) is 11.0. The number of nitrogens with zero attached hydrogens (tertiary/aromatic N) is 6. The van der Waals surface area contributed by atoms with Gasteiger partial charge in [-0.05, 0) is 36.8 Å². The topological polar surface area (TPSA) is 102 Å². The van der Waals surface area contributed by atoms with E-state index in [0.717, 1.165) is 52.4 Å². The van der Waals surface area contributed by atoms with E-state index in [-0.39, 0.29) is 18.0 Å². The van der Waals surface area contributed by atoms with Gasteiger partial charge in [0.2, 0.25) is 0 Å². The van der Waals surface area contributed by atoms with Crippen LogP contribution >= 0.6 is 11.3 Å². The summed E-state index contributed by atoms with van der Waals surface area (Å²) < 4.78 is 10.0. The molecule has 6 rings (SSSR count). The first-order valence-electron chi connectivity index (χ1n) is 13.3. The number of rotatable bonds is 8. The number of amides is 2. The Balaban J connectivity index is 1.28. The van der Waals surface area contributed by atoms with Crippen molar-refractivity contribution in [1.82, 2.24) is 34.8 Å². The highest BCUT2D eigenvalue weighted by molar-refractivity contribution is 7.16. The number of carbonyl (C=O) groups excluding carboxylic acids is 1. The molecule has 40 heavy (non-hydrogen) atoms. The van der Waals surface area contributed by atoms with Crippen LogP contribution in [-0.2, 0) is 11.8 Å². The number of methoxy groups -OCH3 is 1. The van der Waals surface area contributed by atoms with Crippen molar-refractivity contribution >= 4 is 33.4 Å². The molecular formula is C29H32N8O2S. The average Bonchev–Trinajstić information content (AvgIpc) is 3.75. The van der Waals surface area contributed by atoms with E-state index in [1.807, 2.05) is 56.0 Å². The van der Waals surface area contributed by atoms with Crippen molar-refractivity contribution in [3.8, 4) is 16.9 Å². The molecule has 10 nitrogen and oxygen atoms in total. The van der Waals surface area contributed by atoms with Gasteiger partial charge < -0.3 is 10.1 Å². The molecule has 2 atom stereocenters. The smallest absolute Gasteiger partial charge is 0.320 e. The van der Waals surface area contributed by atoms with E-state index in [1.54, 1.807) is 34.0 Å². The number of para-hydroxylation sites is 1. The predicted molar refractivity (Wildman–Crippen MR) is 157 cm³/mol. The Labute approximate surface area is 236 Å². The van der Waals surface area contributed by atoms with Crippen molar-refractivity contribution in [2.75, 3.05) is 38.7 Å². The number of ether oxygens (including phenoxy) is 1. The Morgan fingerprint density at radius 1 is 1.18 bits per heavy atom. The average molecular weight is 557 g/mol. The van der Waals surface area contributed by atoms with E-state index >= 15 is 0 Å². The minimum Gasteiger partial charge on any atom is -0.383 e. The number of urea groups is 1. The maximum Gasteiger partial charge on any atom is 0.320 e. The van der Waals surface area contributed by atoms with Crippen LogP contribution in [0.2, 0.25) is 0 Å². The Kier molecular flexibility index (Phi) is 7.33. The number of carbonyl (C=O) groups is 1. The number of aromatic nitrogens is 5. The highest BCUT2D eigenvalue weighted by Gasteiger charge is 2.35. The number of anilines is 1. The summed E-state index contributed by atoms with van der Waals surface area (Å²) in [5.41, 5.74) is 7.46. The molecule has 0 saturated carbocycles. The molecule has 2 N–H and O–H groups in total. The molecule has 4 heterocycles. The largest absolute Gasteiger partial charge is 0.383 e. The Morgan fingerprint density at radius 3 is 2.80 bits per heavy atom. The molecule has 0 spiro atoms. The molecule has 3 aromatic heterocycles. The van der Waals surface area contributed by atoms with E-state index in [1.165, 1.54) is 5.56 Å². The fourth-order valence-electron chi connectivity index (χ4n) is 5.40. The first-order chi connectivity index (χ1) is 19.5. The normalized spacial score (nSPS) is 17.5. The quantitative estimate of drug-likeness (QED) is 0.293. The van der Waals surface area contributed by atoms with Gasteiger partial charge in [-0.15, -0.1) is 11.3 Å². The Morgan fingerprint density at radius 2 is 2.02 bits per heavy atom. The van der Waals surface area contributed by atoms with Crippen LogP contribution in [0.25, 0.3) is 27.2 Å². The molecule has 0 radical (unpaired) electrons. The maximum absolute atomic E-state index is 13.6. The molecule has 1 saturated heterocycles. The maximum atomic E-state index is 13.6. The van der Waals surface area contributed by atoms with E-state index in [9.17, 15) is 4.79 Å². The lowest BCUT2D eigenvalue weighted by molar-refractivity contribution is 0.159. The van der Waals surface area contributed by atoms with Gasteiger partial charge >= 0.3 is 6.03 Å². The Hall–Kier alpha value is -4.06. The van der Waals surface area contributed by atoms with Crippen molar-refractivity contribution in [3.63, 3.8) is 0 Å². The van der Waals surface area contributed by atoms with Gasteiger partial charge in [-0.3, -0.25) is 14.9 Å². The van der Waals surface area contributed by atoms with Gasteiger partial charge in [-0.1, -0.05) is 24.3 Å². The molecule has 1 aliphatic heterocycles.